The van der Waals surface area contributed by atoms with Gasteiger partial charge in [-0.2, -0.15) is 5.10 Å². The molecule has 5 heteroatoms. The van der Waals surface area contributed by atoms with E-state index in [-0.39, 0.29) is 0 Å². The zero-order valence-electron chi connectivity index (χ0n) is 14.0. The zero-order valence-corrected chi connectivity index (χ0v) is 14.9. The number of benzene rings is 2. The number of thiocarbonyl (C=S) groups is 1. The van der Waals surface area contributed by atoms with Crippen molar-refractivity contribution in [3.05, 3.63) is 102 Å². The van der Waals surface area contributed by atoms with E-state index in [9.17, 15) is 0 Å². The van der Waals surface area contributed by atoms with Gasteiger partial charge in [-0.25, -0.2) is 0 Å². The van der Waals surface area contributed by atoms with Crippen LogP contribution in [0.2, 0.25) is 0 Å². The fraction of sp³-hybridized carbons (Fsp3) is 0. The summed E-state index contributed by atoms with van der Waals surface area (Å²) in [6, 6.07) is 25.4. The van der Waals surface area contributed by atoms with Gasteiger partial charge in [-0.05, 0) is 48.1 Å². The molecule has 128 valence electrons. The van der Waals surface area contributed by atoms with Crippen molar-refractivity contribution in [2.24, 2.45) is 5.10 Å². The Bertz CT molecular complexity index is 891. The van der Waals surface area contributed by atoms with Crippen molar-refractivity contribution in [1.82, 2.24) is 10.4 Å². The molecule has 0 radical (unpaired) electrons. The van der Waals surface area contributed by atoms with Gasteiger partial charge in [0.15, 0.2) is 5.11 Å². The Morgan fingerprint density at radius 2 is 1.58 bits per heavy atom. The lowest BCUT2D eigenvalue weighted by molar-refractivity contribution is 1.04. The Labute approximate surface area is 158 Å². The SMILES string of the molecule is S=C(N/N=C(\C=C\c1ccccc1)c1ccccn1)Nc1ccccc1. The highest BCUT2D eigenvalue weighted by atomic mass is 32.1. The van der Waals surface area contributed by atoms with Gasteiger partial charge in [-0.1, -0.05) is 60.7 Å². The number of hydrogen-bond acceptors (Lipinski definition) is 3. The first kappa shape index (κ1) is 17.5. The van der Waals surface area contributed by atoms with E-state index in [1.54, 1.807) is 6.20 Å². The van der Waals surface area contributed by atoms with Gasteiger partial charge in [-0.15, -0.1) is 0 Å². The van der Waals surface area contributed by atoms with Crippen molar-refractivity contribution in [2.45, 2.75) is 0 Å². The molecule has 0 bridgehead atoms. The molecule has 0 fully saturated rings. The van der Waals surface area contributed by atoms with E-state index in [2.05, 4.69) is 20.8 Å². The average molecular weight is 358 g/mol. The Morgan fingerprint density at radius 3 is 2.27 bits per heavy atom. The minimum Gasteiger partial charge on any atom is -0.331 e. The van der Waals surface area contributed by atoms with Crippen molar-refractivity contribution < 1.29 is 0 Å². The third-order valence-electron chi connectivity index (χ3n) is 3.47. The molecule has 1 aromatic heterocycles. The predicted octanol–water partition coefficient (Wildman–Crippen LogP) is 4.49. The second kappa shape index (κ2) is 9.25. The normalized spacial score (nSPS) is 11.3. The van der Waals surface area contributed by atoms with Crippen LogP contribution in [0.4, 0.5) is 5.69 Å². The van der Waals surface area contributed by atoms with Crippen LogP contribution >= 0.6 is 12.2 Å². The first-order chi connectivity index (χ1) is 12.8. The van der Waals surface area contributed by atoms with E-state index in [0.717, 1.165) is 16.9 Å². The molecular formula is C21H18N4S. The summed E-state index contributed by atoms with van der Waals surface area (Å²) >= 11 is 5.31. The lowest BCUT2D eigenvalue weighted by atomic mass is 10.1. The predicted molar refractivity (Wildman–Crippen MR) is 112 cm³/mol. The van der Waals surface area contributed by atoms with Crippen LogP contribution in [-0.2, 0) is 0 Å². The molecule has 0 saturated heterocycles. The number of nitrogens with one attached hydrogen (secondary N) is 2. The second-order valence-electron chi connectivity index (χ2n) is 5.39. The average Bonchev–Trinajstić information content (AvgIpc) is 2.70. The molecule has 0 spiro atoms. The molecular weight excluding hydrogens is 340 g/mol. The Kier molecular flexibility index (Phi) is 6.23. The second-order valence-corrected chi connectivity index (χ2v) is 5.80. The molecule has 0 atom stereocenters. The number of hydrazone groups is 1. The molecule has 0 aliphatic rings. The number of aromatic nitrogens is 1. The van der Waals surface area contributed by atoms with E-state index in [4.69, 9.17) is 12.2 Å². The van der Waals surface area contributed by atoms with E-state index < -0.39 is 0 Å². The summed E-state index contributed by atoms with van der Waals surface area (Å²) in [5.41, 5.74) is 6.32. The van der Waals surface area contributed by atoms with E-state index >= 15 is 0 Å². The van der Waals surface area contributed by atoms with Gasteiger partial charge in [0.05, 0.1) is 5.69 Å². The van der Waals surface area contributed by atoms with Crippen LogP contribution in [-0.4, -0.2) is 15.8 Å². The number of rotatable bonds is 5. The molecule has 0 aliphatic heterocycles. The minimum absolute atomic E-state index is 0.415. The molecule has 0 saturated carbocycles. The molecule has 4 nitrogen and oxygen atoms in total. The monoisotopic (exact) mass is 358 g/mol. The van der Waals surface area contributed by atoms with Crippen LogP contribution in [0.5, 0.6) is 0 Å². The molecule has 2 aromatic carbocycles. The largest absolute Gasteiger partial charge is 0.331 e. The summed E-state index contributed by atoms with van der Waals surface area (Å²) < 4.78 is 0. The number of allylic oxidation sites excluding steroid dienone is 1. The molecule has 1 heterocycles. The zero-order chi connectivity index (χ0) is 18.0. The highest BCUT2D eigenvalue weighted by molar-refractivity contribution is 7.80. The lowest BCUT2D eigenvalue weighted by Crippen LogP contribution is -2.25. The number of nitrogens with zero attached hydrogens (tertiary/aromatic N) is 2. The topological polar surface area (TPSA) is 49.3 Å². The molecule has 26 heavy (non-hydrogen) atoms. The standard InChI is InChI=1S/C21H18N4S/c26-21(23-18-11-5-2-6-12-18)25-24-20(19-13-7-8-16-22-19)15-14-17-9-3-1-4-10-17/h1-16H,(H2,23,25,26)/b15-14+,24-20+. The van der Waals surface area contributed by atoms with Gasteiger partial charge in [0.1, 0.15) is 5.71 Å². The molecule has 3 rings (SSSR count). The maximum absolute atomic E-state index is 5.31. The smallest absolute Gasteiger partial charge is 0.191 e. The molecule has 0 amide bonds. The van der Waals surface area contributed by atoms with Crippen LogP contribution in [0.15, 0.2) is 96.2 Å². The van der Waals surface area contributed by atoms with Crippen molar-refractivity contribution in [3.8, 4) is 0 Å². The van der Waals surface area contributed by atoms with Crippen LogP contribution in [0.25, 0.3) is 6.08 Å². The van der Waals surface area contributed by atoms with Crippen LogP contribution < -0.4 is 10.7 Å². The lowest BCUT2D eigenvalue weighted by Gasteiger charge is -2.08. The van der Waals surface area contributed by atoms with Crippen LogP contribution in [0.1, 0.15) is 11.3 Å². The van der Waals surface area contributed by atoms with E-state index in [0.29, 0.717) is 10.8 Å². The van der Waals surface area contributed by atoms with E-state index in [1.807, 2.05) is 91.0 Å². The van der Waals surface area contributed by atoms with Crippen LogP contribution in [0.3, 0.4) is 0 Å². The third-order valence-corrected chi connectivity index (χ3v) is 3.66. The van der Waals surface area contributed by atoms with Gasteiger partial charge in [0, 0.05) is 11.9 Å². The maximum atomic E-state index is 5.31. The summed E-state index contributed by atoms with van der Waals surface area (Å²) in [5.74, 6) is 0. The van der Waals surface area contributed by atoms with Gasteiger partial charge < -0.3 is 5.32 Å². The van der Waals surface area contributed by atoms with Crippen molar-refractivity contribution in [2.75, 3.05) is 5.32 Å². The van der Waals surface area contributed by atoms with Crippen molar-refractivity contribution in [3.63, 3.8) is 0 Å². The third kappa shape index (κ3) is 5.36. The molecule has 2 N–H and O–H groups in total. The maximum Gasteiger partial charge on any atom is 0.191 e. The number of para-hydroxylation sites is 1. The summed E-state index contributed by atoms with van der Waals surface area (Å²) in [6.07, 6.45) is 5.64. The van der Waals surface area contributed by atoms with Crippen molar-refractivity contribution >= 4 is 34.8 Å². The summed E-state index contributed by atoms with van der Waals surface area (Å²) in [4.78, 5) is 4.37. The van der Waals surface area contributed by atoms with Gasteiger partial charge >= 0.3 is 0 Å². The summed E-state index contributed by atoms with van der Waals surface area (Å²) in [7, 11) is 0. The van der Waals surface area contributed by atoms with Gasteiger partial charge in [0.2, 0.25) is 0 Å². The summed E-state index contributed by atoms with van der Waals surface area (Å²) in [5, 5.41) is 7.92. The molecule has 0 aliphatic carbocycles. The van der Waals surface area contributed by atoms with Gasteiger partial charge in [-0.3, -0.25) is 10.4 Å². The molecule has 0 unspecified atom stereocenters. The fourth-order valence-corrected chi connectivity index (χ4v) is 2.39. The highest BCUT2D eigenvalue weighted by Gasteiger charge is 2.02. The number of hydrogen-bond donors (Lipinski definition) is 2. The highest BCUT2D eigenvalue weighted by Crippen LogP contribution is 2.06. The summed E-state index contributed by atoms with van der Waals surface area (Å²) in [6.45, 7) is 0. The van der Waals surface area contributed by atoms with Crippen molar-refractivity contribution in [1.29, 1.82) is 0 Å². The van der Waals surface area contributed by atoms with Gasteiger partial charge in [0.25, 0.3) is 0 Å². The fourth-order valence-electron chi connectivity index (χ4n) is 2.23. The Balaban J connectivity index is 1.75. The van der Waals surface area contributed by atoms with Crippen LogP contribution in [0, 0.1) is 0 Å². The Morgan fingerprint density at radius 1 is 0.885 bits per heavy atom. The minimum atomic E-state index is 0.415. The quantitative estimate of drug-likeness (QED) is 0.401. The molecule has 3 aromatic rings. The number of anilines is 1. The first-order valence-corrected chi connectivity index (χ1v) is 8.56. The van der Waals surface area contributed by atoms with E-state index in [1.165, 1.54) is 0 Å². The Hall–Kier alpha value is -3.31. The number of pyridine rings is 1. The first-order valence-electron chi connectivity index (χ1n) is 8.15.